The minimum atomic E-state index is -0.434. The number of para-hydroxylation sites is 1. The number of likely N-dealkylation sites (tertiary alicyclic amines) is 1. The quantitative estimate of drug-likeness (QED) is 0.666. The summed E-state index contributed by atoms with van der Waals surface area (Å²) in [6, 6.07) is 5.42. The maximum absolute atomic E-state index is 11.0. The smallest absolute Gasteiger partial charge is 0.310 e. The van der Waals surface area contributed by atoms with Gasteiger partial charge in [-0.1, -0.05) is 24.6 Å². The molecule has 5 nitrogen and oxygen atoms in total. The number of hydrogen-bond donors (Lipinski definition) is 1. The molecule has 6 heteroatoms. The maximum atomic E-state index is 11.0. The predicted molar refractivity (Wildman–Crippen MR) is 76.9 cm³/mol. The summed E-state index contributed by atoms with van der Waals surface area (Å²) in [6.45, 7) is 4.99. The van der Waals surface area contributed by atoms with E-state index < -0.39 is 4.92 Å². The molecule has 1 aromatic carbocycles. The van der Waals surface area contributed by atoms with Gasteiger partial charge in [-0.25, -0.2) is 0 Å². The Bertz CT molecular complexity index is 467. The van der Waals surface area contributed by atoms with E-state index in [0.29, 0.717) is 11.7 Å². The predicted octanol–water partition coefficient (Wildman–Crippen LogP) is 3.14. The first-order chi connectivity index (χ1) is 9.13. The number of halogens is 1. The molecule has 1 atom stereocenters. The van der Waals surface area contributed by atoms with Crippen molar-refractivity contribution in [1.82, 2.24) is 4.90 Å². The van der Waals surface area contributed by atoms with Crippen molar-refractivity contribution in [2.24, 2.45) is 0 Å². The number of nitrogens with zero attached hydrogens (tertiary/aromatic N) is 2. The zero-order valence-corrected chi connectivity index (χ0v) is 11.7. The van der Waals surface area contributed by atoms with Gasteiger partial charge < -0.3 is 5.32 Å². The van der Waals surface area contributed by atoms with Crippen LogP contribution in [0.3, 0.4) is 0 Å². The van der Waals surface area contributed by atoms with Crippen molar-refractivity contribution in [3.8, 4) is 0 Å². The summed E-state index contributed by atoms with van der Waals surface area (Å²) in [5.41, 5.74) is 0.464. The minimum absolute atomic E-state index is 0.0368. The molecule has 2 rings (SSSR count). The van der Waals surface area contributed by atoms with Gasteiger partial charge in [0, 0.05) is 12.6 Å². The standard InChI is InChI=1S/C13H18ClN3O2/c1-2-16-8-4-5-10(16)9-15-12-7-3-6-11(14)13(12)17(18)19/h3,6-7,10,15H,2,4-5,8-9H2,1H3. The van der Waals surface area contributed by atoms with Crippen molar-refractivity contribution >= 4 is 23.0 Å². The minimum Gasteiger partial charge on any atom is -0.378 e. The van der Waals surface area contributed by atoms with Crippen LogP contribution >= 0.6 is 11.6 Å². The SMILES string of the molecule is CCN1CCCC1CNc1cccc(Cl)c1[N+](=O)[O-]. The van der Waals surface area contributed by atoms with Gasteiger partial charge in [0.15, 0.2) is 0 Å². The summed E-state index contributed by atoms with van der Waals surface area (Å²) in [4.78, 5) is 13.0. The van der Waals surface area contributed by atoms with Gasteiger partial charge >= 0.3 is 5.69 Å². The summed E-state index contributed by atoms with van der Waals surface area (Å²) in [5.74, 6) is 0. The molecule has 104 valence electrons. The lowest BCUT2D eigenvalue weighted by atomic mass is 10.2. The zero-order chi connectivity index (χ0) is 13.8. The largest absolute Gasteiger partial charge is 0.378 e. The molecule has 19 heavy (non-hydrogen) atoms. The number of nitrogens with one attached hydrogen (secondary N) is 1. The molecule has 0 saturated carbocycles. The Hall–Kier alpha value is -1.33. The molecule has 1 fully saturated rings. The number of likely N-dealkylation sites (N-methyl/N-ethyl adjacent to an activating group) is 1. The van der Waals surface area contributed by atoms with E-state index in [0.717, 1.165) is 26.1 Å². The van der Waals surface area contributed by atoms with Gasteiger partial charge in [-0.05, 0) is 38.1 Å². The van der Waals surface area contributed by atoms with Crippen LogP contribution in [0.4, 0.5) is 11.4 Å². The molecule has 1 aliphatic heterocycles. The molecular formula is C13H18ClN3O2. The third-order valence-corrected chi connectivity index (χ3v) is 3.91. The van der Waals surface area contributed by atoms with Gasteiger partial charge in [0.25, 0.3) is 0 Å². The summed E-state index contributed by atoms with van der Waals surface area (Å²) in [5, 5.41) is 14.4. The zero-order valence-electron chi connectivity index (χ0n) is 10.9. The van der Waals surface area contributed by atoms with Crippen LogP contribution in [0.2, 0.25) is 5.02 Å². The fourth-order valence-electron chi connectivity index (χ4n) is 2.61. The van der Waals surface area contributed by atoms with Crippen molar-refractivity contribution in [3.05, 3.63) is 33.3 Å². The van der Waals surface area contributed by atoms with E-state index in [1.165, 1.54) is 6.42 Å². The van der Waals surface area contributed by atoms with Crippen LogP contribution in [-0.4, -0.2) is 35.5 Å². The Morgan fingerprint density at radius 3 is 3.05 bits per heavy atom. The first kappa shape index (κ1) is 14.1. The number of nitro benzene ring substituents is 1. The normalized spacial score (nSPS) is 19.6. The fourth-order valence-corrected chi connectivity index (χ4v) is 2.86. The van der Waals surface area contributed by atoms with Crippen LogP contribution in [0, 0.1) is 10.1 Å². The first-order valence-electron chi connectivity index (χ1n) is 6.54. The molecule has 1 unspecified atom stereocenters. The molecule has 1 heterocycles. The first-order valence-corrected chi connectivity index (χ1v) is 6.92. The molecular weight excluding hydrogens is 266 g/mol. The molecule has 1 saturated heterocycles. The summed E-state index contributed by atoms with van der Waals surface area (Å²) < 4.78 is 0. The Kier molecular flexibility index (Phi) is 4.61. The Labute approximate surface area is 117 Å². The van der Waals surface area contributed by atoms with Crippen molar-refractivity contribution in [1.29, 1.82) is 0 Å². The highest BCUT2D eigenvalue weighted by Gasteiger charge is 2.24. The molecule has 1 N–H and O–H groups in total. The molecule has 0 radical (unpaired) electrons. The van der Waals surface area contributed by atoms with E-state index in [2.05, 4.69) is 17.1 Å². The van der Waals surface area contributed by atoms with Crippen molar-refractivity contribution < 1.29 is 4.92 Å². The number of nitro groups is 1. The molecule has 0 aromatic heterocycles. The van der Waals surface area contributed by atoms with E-state index in [1.807, 2.05) is 0 Å². The molecule has 1 aromatic rings. The fraction of sp³-hybridized carbons (Fsp3) is 0.538. The molecule has 0 bridgehead atoms. The van der Waals surface area contributed by atoms with E-state index in [1.54, 1.807) is 18.2 Å². The monoisotopic (exact) mass is 283 g/mol. The van der Waals surface area contributed by atoms with Crippen molar-refractivity contribution in [2.45, 2.75) is 25.8 Å². The van der Waals surface area contributed by atoms with Crippen molar-refractivity contribution in [2.75, 3.05) is 25.0 Å². The van der Waals surface area contributed by atoms with Gasteiger partial charge in [0.2, 0.25) is 0 Å². The summed E-state index contributed by atoms with van der Waals surface area (Å²) in [6.07, 6.45) is 2.33. The van der Waals surface area contributed by atoms with Crippen LogP contribution in [0.1, 0.15) is 19.8 Å². The van der Waals surface area contributed by atoms with E-state index >= 15 is 0 Å². The summed E-state index contributed by atoms with van der Waals surface area (Å²) in [7, 11) is 0. The average Bonchev–Trinajstić information content (AvgIpc) is 2.83. The van der Waals surface area contributed by atoms with Crippen LogP contribution in [0.25, 0.3) is 0 Å². The molecule has 0 amide bonds. The maximum Gasteiger partial charge on any atom is 0.310 e. The number of hydrogen-bond acceptors (Lipinski definition) is 4. The Morgan fingerprint density at radius 2 is 2.37 bits per heavy atom. The van der Waals surface area contributed by atoms with Gasteiger partial charge in [0.1, 0.15) is 10.7 Å². The highest BCUT2D eigenvalue weighted by molar-refractivity contribution is 6.33. The Morgan fingerprint density at radius 1 is 1.58 bits per heavy atom. The molecule has 1 aliphatic rings. The third kappa shape index (κ3) is 3.16. The number of rotatable bonds is 5. The number of anilines is 1. The van der Waals surface area contributed by atoms with E-state index in [-0.39, 0.29) is 10.7 Å². The van der Waals surface area contributed by atoms with E-state index in [4.69, 9.17) is 11.6 Å². The summed E-state index contributed by atoms with van der Waals surface area (Å²) >= 11 is 5.88. The van der Waals surface area contributed by atoms with Crippen molar-refractivity contribution in [3.63, 3.8) is 0 Å². The number of benzene rings is 1. The molecule has 0 aliphatic carbocycles. The topological polar surface area (TPSA) is 58.4 Å². The van der Waals surface area contributed by atoms with Crippen LogP contribution in [0.15, 0.2) is 18.2 Å². The van der Waals surface area contributed by atoms with Gasteiger partial charge in [-0.3, -0.25) is 15.0 Å². The van der Waals surface area contributed by atoms with Gasteiger partial charge in [-0.15, -0.1) is 0 Å². The lowest BCUT2D eigenvalue weighted by molar-refractivity contribution is -0.383. The lowest BCUT2D eigenvalue weighted by Crippen LogP contribution is -2.34. The van der Waals surface area contributed by atoms with E-state index in [9.17, 15) is 10.1 Å². The van der Waals surface area contributed by atoms with Gasteiger partial charge in [-0.2, -0.15) is 0 Å². The second-order valence-electron chi connectivity index (χ2n) is 4.70. The Balaban J connectivity index is 2.07. The van der Waals surface area contributed by atoms with Crippen LogP contribution in [-0.2, 0) is 0 Å². The highest BCUT2D eigenvalue weighted by Crippen LogP contribution is 2.32. The second-order valence-corrected chi connectivity index (χ2v) is 5.11. The highest BCUT2D eigenvalue weighted by atomic mass is 35.5. The average molecular weight is 284 g/mol. The van der Waals surface area contributed by atoms with Gasteiger partial charge in [0.05, 0.1) is 4.92 Å². The second kappa shape index (κ2) is 6.21. The lowest BCUT2D eigenvalue weighted by Gasteiger charge is -2.23. The van der Waals surface area contributed by atoms with Crippen LogP contribution in [0.5, 0.6) is 0 Å². The molecule has 0 spiro atoms. The third-order valence-electron chi connectivity index (χ3n) is 3.60. The van der Waals surface area contributed by atoms with Crippen LogP contribution < -0.4 is 5.32 Å².